The van der Waals surface area contributed by atoms with Crippen molar-refractivity contribution in [3.63, 3.8) is 0 Å². The standard InChI is InChI=1S/C19H25N3O/c1-13(23)22-8-6-15(7-9-22)17-10-16(14-4-2-3-5-14)11-19-18(17)12-20-21-19/h10-12,14-15H,2-9H2,1H3,(H,20,21). The molecule has 4 heteroatoms. The molecule has 1 saturated heterocycles. The second-order valence-electron chi connectivity index (χ2n) is 7.20. The van der Waals surface area contributed by atoms with Gasteiger partial charge in [0.05, 0.1) is 11.7 Å². The third-order valence-corrected chi connectivity index (χ3v) is 5.82. The maximum Gasteiger partial charge on any atom is 0.219 e. The van der Waals surface area contributed by atoms with Gasteiger partial charge in [-0.1, -0.05) is 18.9 Å². The van der Waals surface area contributed by atoms with Gasteiger partial charge < -0.3 is 4.90 Å². The third kappa shape index (κ3) is 2.75. The van der Waals surface area contributed by atoms with Crippen LogP contribution in [0, 0.1) is 0 Å². The predicted octanol–water partition coefficient (Wildman–Crippen LogP) is 3.95. The zero-order valence-corrected chi connectivity index (χ0v) is 13.8. The molecule has 23 heavy (non-hydrogen) atoms. The fourth-order valence-corrected chi connectivity index (χ4v) is 4.44. The lowest BCUT2D eigenvalue weighted by Gasteiger charge is -2.32. The second kappa shape index (κ2) is 5.99. The van der Waals surface area contributed by atoms with Gasteiger partial charge >= 0.3 is 0 Å². The Kier molecular flexibility index (Phi) is 3.83. The molecule has 0 unspecified atom stereocenters. The third-order valence-electron chi connectivity index (χ3n) is 5.82. The van der Waals surface area contributed by atoms with E-state index in [4.69, 9.17) is 0 Å². The fourth-order valence-electron chi connectivity index (χ4n) is 4.44. The summed E-state index contributed by atoms with van der Waals surface area (Å²) in [7, 11) is 0. The molecule has 2 fully saturated rings. The van der Waals surface area contributed by atoms with Gasteiger partial charge in [-0.15, -0.1) is 0 Å². The van der Waals surface area contributed by atoms with Gasteiger partial charge in [0.2, 0.25) is 5.91 Å². The average molecular weight is 311 g/mol. The minimum absolute atomic E-state index is 0.205. The number of aromatic amines is 1. The minimum atomic E-state index is 0.205. The summed E-state index contributed by atoms with van der Waals surface area (Å²) in [4.78, 5) is 13.5. The molecule has 0 bridgehead atoms. The molecule has 1 amide bonds. The van der Waals surface area contributed by atoms with Gasteiger partial charge in [0.25, 0.3) is 0 Å². The van der Waals surface area contributed by atoms with Crippen LogP contribution in [-0.4, -0.2) is 34.1 Å². The maximum atomic E-state index is 11.6. The van der Waals surface area contributed by atoms with E-state index >= 15 is 0 Å². The number of carbonyl (C=O) groups is 1. The summed E-state index contributed by atoms with van der Waals surface area (Å²) in [6.07, 6.45) is 9.46. The molecule has 2 heterocycles. The van der Waals surface area contributed by atoms with Crippen LogP contribution in [0.15, 0.2) is 18.3 Å². The topological polar surface area (TPSA) is 49.0 Å². The molecular weight excluding hydrogens is 286 g/mol. The lowest BCUT2D eigenvalue weighted by Crippen LogP contribution is -2.36. The van der Waals surface area contributed by atoms with Crippen LogP contribution in [0.5, 0.6) is 0 Å². The van der Waals surface area contributed by atoms with Gasteiger partial charge in [-0.05, 0) is 54.7 Å². The van der Waals surface area contributed by atoms with E-state index in [0.29, 0.717) is 5.92 Å². The van der Waals surface area contributed by atoms with Crippen LogP contribution in [0.4, 0.5) is 0 Å². The number of nitrogens with zero attached hydrogens (tertiary/aromatic N) is 2. The highest BCUT2D eigenvalue weighted by molar-refractivity contribution is 5.83. The van der Waals surface area contributed by atoms with E-state index in [2.05, 4.69) is 22.3 Å². The molecule has 1 aromatic carbocycles. The van der Waals surface area contributed by atoms with Crippen LogP contribution < -0.4 is 0 Å². The van der Waals surface area contributed by atoms with E-state index in [1.165, 1.54) is 47.7 Å². The number of hydrogen-bond acceptors (Lipinski definition) is 2. The highest BCUT2D eigenvalue weighted by Gasteiger charge is 2.25. The molecule has 0 spiro atoms. The fraction of sp³-hybridized carbons (Fsp3) is 0.579. The smallest absolute Gasteiger partial charge is 0.219 e. The number of H-pyrrole nitrogens is 1. The summed E-state index contributed by atoms with van der Waals surface area (Å²) < 4.78 is 0. The summed E-state index contributed by atoms with van der Waals surface area (Å²) in [6.45, 7) is 3.44. The first kappa shape index (κ1) is 14.7. The Balaban J connectivity index is 1.65. The molecule has 1 N–H and O–H groups in total. The molecule has 2 aromatic rings. The van der Waals surface area contributed by atoms with Crippen molar-refractivity contribution >= 4 is 16.8 Å². The highest BCUT2D eigenvalue weighted by Crippen LogP contribution is 2.39. The van der Waals surface area contributed by atoms with Crippen molar-refractivity contribution < 1.29 is 4.79 Å². The summed E-state index contributed by atoms with van der Waals surface area (Å²) in [5, 5.41) is 8.72. The molecule has 0 radical (unpaired) electrons. The Bertz CT molecular complexity index is 706. The molecule has 4 rings (SSSR count). The first-order chi connectivity index (χ1) is 11.2. The maximum absolute atomic E-state index is 11.6. The van der Waals surface area contributed by atoms with E-state index in [1.807, 2.05) is 11.1 Å². The number of amides is 1. The number of nitrogens with one attached hydrogen (secondary N) is 1. The van der Waals surface area contributed by atoms with Crippen LogP contribution in [0.2, 0.25) is 0 Å². The van der Waals surface area contributed by atoms with Gasteiger partial charge in [0.15, 0.2) is 0 Å². The van der Waals surface area contributed by atoms with Crippen molar-refractivity contribution in [3.8, 4) is 0 Å². The number of hydrogen-bond donors (Lipinski definition) is 1. The molecule has 4 nitrogen and oxygen atoms in total. The van der Waals surface area contributed by atoms with Gasteiger partial charge in [-0.3, -0.25) is 9.89 Å². The zero-order chi connectivity index (χ0) is 15.8. The summed E-state index contributed by atoms with van der Waals surface area (Å²) >= 11 is 0. The van der Waals surface area contributed by atoms with Crippen LogP contribution in [0.3, 0.4) is 0 Å². The van der Waals surface area contributed by atoms with Crippen LogP contribution >= 0.6 is 0 Å². The van der Waals surface area contributed by atoms with E-state index in [9.17, 15) is 4.79 Å². The van der Waals surface area contributed by atoms with Crippen molar-refractivity contribution in [1.29, 1.82) is 0 Å². The van der Waals surface area contributed by atoms with E-state index in [1.54, 1.807) is 6.92 Å². The number of aromatic nitrogens is 2. The molecular formula is C19H25N3O. The Morgan fingerprint density at radius 3 is 2.57 bits per heavy atom. The summed E-state index contributed by atoms with van der Waals surface area (Å²) in [5.41, 5.74) is 4.11. The number of rotatable bonds is 2. The summed E-state index contributed by atoms with van der Waals surface area (Å²) in [5.74, 6) is 1.47. The molecule has 0 atom stereocenters. The lowest BCUT2D eigenvalue weighted by atomic mass is 9.84. The Hall–Kier alpha value is -1.84. The van der Waals surface area contributed by atoms with Crippen molar-refractivity contribution in [2.45, 2.75) is 57.3 Å². The number of fused-ring (bicyclic) bond motifs is 1. The van der Waals surface area contributed by atoms with Crippen molar-refractivity contribution in [2.24, 2.45) is 0 Å². The van der Waals surface area contributed by atoms with E-state index in [0.717, 1.165) is 31.8 Å². The first-order valence-electron chi connectivity index (χ1n) is 8.95. The largest absolute Gasteiger partial charge is 0.343 e. The quantitative estimate of drug-likeness (QED) is 0.913. The lowest BCUT2D eigenvalue weighted by molar-refractivity contribution is -0.129. The molecule has 1 aliphatic heterocycles. The van der Waals surface area contributed by atoms with Crippen molar-refractivity contribution in [2.75, 3.05) is 13.1 Å². The van der Waals surface area contributed by atoms with Crippen molar-refractivity contribution in [3.05, 3.63) is 29.5 Å². The normalized spacial score (nSPS) is 20.5. The number of likely N-dealkylation sites (tertiary alicyclic amines) is 1. The molecule has 2 aliphatic rings. The van der Waals surface area contributed by atoms with Gasteiger partial charge in [-0.2, -0.15) is 5.10 Å². The van der Waals surface area contributed by atoms with E-state index < -0.39 is 0 Å². The van der Waals surface area contributed by atoms with E-state index in [-0.39, 0.29) is 5.91 Å². The molecule has 1 aromatic heterocycles. The van der Waals surface area contributed by atoms with Crippen LogP contribution in [0.25, 0.3) is 10.9 Å². The Morgan fingerprint density at radius 1 is 1.13 bits per heavy atom. The Morgan fingerprint density at radius 2 is 1.87 bits per heavy atom. The monoisotopic (exact) mass is 311 g/mol. The van der Waals surface area contributed by atoms with Crippen LogP contribution in [0.1, 0.15) is 68.4 Å². The molecule has 122 valence electrons. The predicted molar refractivity (Wildman–Crippen MR) is 91.5 cm³/mol. The zero-order valence-electron chi connectivity index (χ0n) is 13.8. The average Bonchev–Trinajstić information content (AvgIpc) is 3.25. The van der Waals surface area contributed by atoms with Crippen molar-refractivity contribution in [1.82, 2.24) is 15.1 Å². The summed E-state index contributed by atoms with van der Waals surface area (Å²) in [6, 6.07) is 4.76. The number of piperidine rings is 1. The highest BCUT2D eigenvalue weighted by atomic mass is 16.2. The van der Waals surface area contributed by atoms with Gasteiger partial charge in [0.1, 0.15) is 0 Å². The molecule has 1 aliphatic carbocycles. The minimum Gasteiger partial charge on any atom is -0.343 e. The second-order valence-corrected chi connectivity index (χ2v) is 7.20. The van der Waals surface area contributed by atoms with Gasteiger partial charge in [-0.25, -0.2) is 0 Å². The Labute approximate surface area is 137 Å². The van der Waals surface area contributed by atoms with Gasteiger partial charge in [0, 0.05) is 25.4 Å². The number of benzene rings is 1. The SMILES string of the molecule is CC(=O)N1CCC(c2cc(C3CCCC3)cc3[nH]ncc23)CC1. The first-order valence-corrected chi connectivity index (χ1v) is 8.95. The molecule has 1 saturated carbocycles. The van der Waals surface area contributed by atoms with Crippen LogP contribution in [-0.2, 0) is 4.79 Å². The number of carbonyl (C=O) groups excluding carboxylic acids is 1.